The highest BCUT2D eigenvalue weighted by Gasteiger charge is 2.20. The number of hydrogen-bond donors (Lipinski definition) is 1. The van der Waals surface area contributed by atoms with Gasteiger partial charge in [0, 0.05) is 23.8 Å². The Kier molecular flexibility index (Phi) is 5.35. The minimum atomic E-state index is -0.932. The molecule has 3 heterocycles. The fraction of sp³-hybridized carbons (Fsp3) is 0.450. The van der Waals surface area contributed by atoms with Crippen molar-refractivity contribution in [3.8, 4) is 11.8 Å². The van der Waals surface area contributed by atoms with Crippen molar-refractivity contribution in [1.82, 2.24) is 9.88 Å². The van der Waals surface area contributed by atoms with E-state index in [1.807, 2.05) is 12.4 Å². The van der Waals surface area contributed by atoms with Crippen LogP contribution >= 0.6 is 11.3 Å². The summed E-state index contributed by atoms with van der Waals surface area (Å²) in [5, 5.41) is 9.68. The predicted octanol–water partition coefficient (Wildman–Crippen LogP) is 3.65. The number of nitrogens with zero attached hydrogens (tertiary/aromatic N) is 2. The van der Waals surface area contributed by atoms with Gasteiger partial charge in [0.1, 0.15) is 5.60 Å². The molecule has 0 saturated carbocycles. The van der Waals surface area contributed by atoms with Crippen molar-refractivity contribution in [3.05, 3.63) is 52.0 Å². The highest BCUT2D eigenvalue weighted by atomic mass is 32.1. The van der Waals surface area contributed by atoms with Crippen LogP contribution in [-0.4, -0.2) is 33.7 Å². The molecule has 3 nitrogen and oxygen atoms in total. The summed E-state index contributed by atoms with van der Waals surface area (Å²) in [6.45, 7) is 6.69. The van der Waals surface area contributed by atoms with Crippen LogP contribution in [0.5, 0.6) is 0 Å². The molecule has 1 saturated heterocycles. The second-order valence-corrected chi connectivity index (χ2v) is 8.07. The van der Waals surface area contributed by atoms with Gasteiger partial charge in [0.25, 0.3) is 0 Å². The van der Waals surface area contributed by atoms with Crippen LogP contribution in [0.2, 0.25) is 0 Å². The van der Waals surface area contributed by atoms with E-state index in [-0.39, 0.29) is 0 Å². The average Bonchev–Trinajstić information content (AvgIpc) is 3.01. The summed E-state index contributed by atoms with van der Waals surface area (Å²) in [6.07, 6.45) is 6.20. The van der Waals surface area contributed by atoms with Crippen molar-refractivity contribution in [3.63, 3.8) is 0 Å². The number of aliphatic hydroxyl groups is 1. The van der Waals surface area contributed by atoms with Crippen LogP contribution < -0.4 is 0 Å². The second-order valence-electron chi connectivity index (χ2n) is 6.91. The summed E-state index contributed by atoms with van der Waals surface area (Å²) >= 11 is 1.73. The van der Waals surface area contributed by atoms with Crippen molar-refractivity contribution in [2.75, 3.05) is 13.1 Å². The number of aromatic nitrogens is 1. The maximum absolute atomic E-state index is 9.68. The molecule has 0 amide bonds. The Morgan fingerprint density at radius 3 is 2.58 bits per heavy atom. The van der Waals surface area contributed by atoms with E-state index >= 15 is 0 Å². The number of pyridine rings is 1. The lowest BCUT2D eigenvalue weighted by Gasteiger charge is -2.31. The maximum Gasteiger partial charge on any atom is 0.120 e. The second kappa shape index (κ2) is 7.48. The smallest absolute Gasteiger partial charge is 0.120 e. The van der Waals surface area contributed by atoms with Crippen molar-refractivity contribution >= 4 is 11.3 Å². The van der Waals surface area contributed by atoms with Crippen molar-refractivity contribution in [2.24, 2.45) is 0 Å². The van der Waals surface area contributed by atoms with E-state index in [2.05, 4.69) is 46.0 Å². The van der Waals surface area contributed by atoms with Crippen molar-refractivity contribution in [2.45, 2.75) is 44.8 Å². The Labute approximate surface area is 148 Å². The summed E-state index contributed by atoms with van der Waals surface area (Å²) < 4.78 is 0. The van der Waals surface area contributed by atoms with Gasteiger partial charge in [0.15, 0.2) is 0 Å². The molecule has 4 heteroatoms. The molecule has 24 heavy (non-hydrogen) atoms. The average molecular weight is 340 g/mol. The lowest BCUT2D eigenvalue weighted by Crippen LogP contribution is -2.32. The zero-order chi connectivity index (χ0) is 17.0. The molecule has 0 aliphatic carbocycles. The topological polar surface area (TPSA) is 36.4 Å². The lowest BCUT2D eigenvalue weighted by molar-refractivity contribution is 0.143. The normalized spacial score (nSPS) is 16.6. The molecule has 126 valence electrons. The molecule has 2 aromatic rings. The van der Waals surface area contributed by atoms with Gasteiger partial charge >= 0.3 is 0 Å². The highest BCUT2D eigenvalue weighted by Crippen LogP contribution is 2.29. The van der Waals surface area contributed by atoms with Gasteiger partial charge in [-0.05, 0) is 75.5 Å². The van der Waals surface area contributed by atoms with Gasteiger partial charge in [-0.1, -0.05) is 11.8 Å². The molecule has 0 atom stereocenters. The molecule has 3 rings (SSSR count). The molecule has 0 aromatic carbocycles. The first kappa shape index (κ1) is 17.2. The standard InChI is InChI=1S/C20H24N2OS/c1-20(2,23)10-5-18-3-4-19(24-18)15-22-13-8-17(9-14-22)16-6-11-21-12-7-16/h3-4,6-7,11-12,17,23H,8-9,13-15H2,1-2H3. The summed E-state index contributed by atoms with van der Waals surface area (Å²) in [7, 11) is 0. The molecular formula is C20H24N2OS. The molecular weight excluding hydrogens is 316 g/mol. The lowest BCUT2D eigenvalue weighted by atomic mass is 9.90. The fourth-order valence-corrected chi connectivity index (χ4v) is 3.93. The van der Waals surface area contributed by atoms with E-state index in [1.54, 1.807) is 25.2 Å². The first-order valence-electron chi connectivity index (χ1n) is 8.46. The quantitative estimate of drug-likeness (QED) is 0.867. The molecule has 0 unspecified atom stereocenters. The van der Waals surface area contributed by atoms with E-state index in [0.29, 0.717) is 5.92 Å². The number of hydrogen-bond acceptors (Lipinski definition) is 4. The molecule has 0 bridgehead atoms. The largest absolute Gasteiger partial charge is 0.378 e. The number of rotatable bonds is 3. The fourth-order valence-electron chi connectivity index (χ4n) is 3.03. The SMILES string of the molecule is CC(C)(O)C#Cc1ccc(CN2CCC(c3ccncc3)CC2)s1. The van der Waals surface area contributed by atoms with E-state index in [1.165, 1.54) is 23.3 Å². The first-order chi connectivity index (χ1) is 11.5. The van der Waals surface area contributed by atoms with Crippen LogP contribution in [-0.2, 0) is 6.54 Å². The summed E-state index contributed by atoms with van der Waals surface area (Å²) in [4.78, 5) is 9.00. The van der Waals surface area contributed by atoms with Crippen molar-refractivity contribution < 1.29 is 5.11 Å². The minimum absolute atomic E-state index is 0.667. The van der Waals surface area contributed by atoms with Gasteiger partial charge in [0.2, 0.25) is 0 Å². The van der Waals surface area contributed by atoms with Crippen molar-refractivity contribution in [1.29, 1.82) is 0 Å². The molecule has 1 fully saturated rings. The van der Waals surface area contributed by atoms with E-state index in [4.69, 9.17) is 0 Å². The van der Waals surface area contributed by atoms with E-state index < -0.39 is 5.60 Å². The number of thiophene rings is 1. The van der Waals surface area contributed by atoms with Crippen LogP contribution in [0.4, 0.5) is 0 Å². The van der Waals surface area contributed by atoms with Crippen LogP contribution in [0, 0.1) is 11.8 Å². The van der Waals surface area contributed by atoms with E-state index in [9.17, 15) is 5.11 Å². The van der Waals surface area contributed by atoms with Crippen LogP contribution in [0.3, 0.4) is 0 Å². The number of piperidine rings is 1. The summed E-state index contributed by atoms with van der Waals surface area (Å²) in [5.74, 6) is 6.61. The van der Waals surface area contributed by atoms with Gasteiger partial charge < -0.3 is 5.11 Å². The molecule has 1 aliphatic heterocycles. The Bertz CT molecular complexity index is 713. The Morgan fingerprint density at radius 1 is 1.21 bits per heavy atom. The third kappa shape index (κ3) is 4.91. The van der Waals surface area contributed by atoms with Crippen LogP contribution in [0.25, 0.3) is 0 Å². The third-order valence-corrected chi connectivity index (χ3v) is 5.28. The predicted molar refractivity (Wildman–Crippen MR) is 99.0 cm³/mol. The number of likely N-dealkylation sites (tertiary alicyclic amines) is 1. The zero-order valence-corrected chi connectivity index (χ0v) is 15.1. The van der Waals surface area contributed by atoms with Gasteiger partial charge in [-0.2, -0.15) is 0 Å². The minimum Gasteiger partial charge on any atom is -0.378 e. The van der Waals surface area contributed by atoms with Gasteiger partial charge in [-0.25, -0.2) is 0 Å². The molecule has 0 radical (unpaired) electrons. The third-order valence-electron chi connectivity index (χ3n) is 4.30. The zero-order valence-electron chi connectivity index (χ0n) is 14.3. The van der Waals surface area contributed by atoms with Gasteiger partial charge in [0.05, 0.1) is 4.88 Å². The Balaban J connectivity index is 1.53. The molecule has 1 aliphatic rings. The maximum atomic E-state index is 9.68. The highest BCUT2D eigenvalue weighted by molar-refractivity contribution is 7.12. The van der Waals surface area contributed by atoms with E-state index in [0.717, 1.165) is 24.5 Å². The van der Waals surface area contributed by atoms with Crippen LogP contribution in [0.1, 0.15) is 47.9 Å². The molecule has 0 spiro atoms. The Morgan fingerprint density at radius 2 is 1.92 bits per heavy atom. The molecule has 1 N–H and O–H groups in total. The molecule has 2 aromatic heterocycles. The summed E-state index contributed by atoms with van der Waals surface area (Å²) in [6, 6.07) is 8.51. The van der Waals surface area contributed by atoms with Gasteiger partial charge in [-0.15, -0.1) is 11.3 Å². The van der Waals surface area contributed by atoms with Crippen LogP contribution in [0.15, 0.2) is 36.7 Å². The Hall–Kier alpha value is -1.67. The van der Waals surface area contributed by atoms with Gasteiger partial charge in [-0.3, -0.25) is 9.88 Å². The first-order valence-corrected chi connectivity index (χ1v) is 9.28. The summed E-state index contributed by atoms with van der Waals surface area (Å²) in [5.41, 5.74) is 0.490. The monoisotopic (exact) mass is 340 g/mol.